The van der Waals surface area contributed by atoms with Gasteiger partial charge in [-0.05, 0) is 39.1 Å². The summed E-state index contributed by atoms with van der Waals surface area (Å²) < 4.78 is 5.35. The zero-order chi connectivity index (χ0) is 13.6. The van der Waals surface area contributed by atoms with Gasteiger partial charge in [-0.25, -0.2) is 4.79 Å². The quantitative estimate of drug-likeness (QED) is 0.408. The molecule has 6 heteroatoms. The molecule has 0 N–H and O–H groups in total. The molecule has 0 bridgehead atoms. The van der Waals surface area contributed by atoms with Crippen LogP contribution < -0.4 is 0 Å². The molecule has 0 aromatic rings. The number of ether oxygens (including phenoxy) is 1. The van der Waals surface area contributed by atoms with Crippen molar-refractivity contribution in [3.05, 3.63) is 10.4 Å². The van der Waals surface area contributed by atoms with Gasteiger partial charge in [0.25, 0.3) is 0 Å². The molecule has 1 unspecified atom stereocenters. The molecule has 1 rings (SSSR count). The molecule has 18 heavy (non-hydrogen) atoms. The van der Waals surface area contributed by atoms with Gasteiger partial charge in [0, 0.05) is 18.0 Å². The number of likely N-dealkylation sites (tertiary alicyclic amines) is 1. The molecule has 0 aliphatic carbocycles. The molecule has 1 atom stereocenters. The van der Waals surface area contributed by atoms with Crippen LogP contribution in [0.15, 0.2) is 5.11 Å². The van der Waals surface area contributed by atoms with Crippen LogP contribution in [0.25, 0.3) is 10.4 Å². The molecule has 0 saturated carbocycles. The molecule has 1 aliphatic rings. The first-order valence-corrected chi connectivity index (χ1v) is 6.44. The van der Waals surface area contributed by atoms with Gasteiger partial charge in [0.2, 0.25) is 0 Å². The van der Waals surface area contributed by atoms with Gasteiger partial charge in [0.05, 0.1) is 6.04 Å². The fourth-order valence-electron chi connectivity index (χ4n) is 1.96. The van der Waals surface area contributed by atoms with Crippen molar-refractivity contribution in [1.29, 1.82) is 0 Å². The molecule has 102 valence electrons. The first-order valence-electron chi connectivity index (χ1n) is 6.44. The highest BCUT2D eigenvalue weighted by atomic mass is 16.6. The predicted octanol–water partition coefficient (Wildman–Crippen LogP) is 3.48. The average Bonchev–Trinajstić information content (AvgIpc) is 2.19. The number of nitrogens with zero attached hydrogens (tertiary/aromatic N) is 4. The van der Waals surface area contributed by atoms with E-state index in [1.165, 1.54) is 0 Å². The number of carbonyl (C=O) groups excluding carboxylic acids is 1. The van der Waals surface area contributed by atoms with Crippen molar-refractivity contribution in [2.24, 2.45) is 5.11 Å². The minimum atomic E-state index is -0.493. The first kappa shape index (κ1) is 14.6. The van der Waals surface area contributed by atoms with Crippen LogP contribution in [0.2, 0.25) is 0 Å². The van der Waals surface area contributed by atoms with Crippen molar-refractivity contribution >= 4 is 6.09 Å². The van der Waals surface area contributed by atoms with Gasteiger partial charge in [-0.2, -0.15) is 0 Å². The molecular weight excluding hydrogens is 232 g/mol. The van der Waals surface area contributed by atoms with Crippen LogP contribution in [-0.2, 0) is 4.74 Å². The molecule has 6 nitrogen and oxygen atoms in total. The lowest BCUT2D eigenvalue weighted by Gasteiger charge is -2.30. The Balaban J connectivity index is 2.65. The van der Waals surface area contributed by atoms with Gasteiger partial charge in [0.1, 0.15) is 5.60 Å². The fourth-order valence-corrected chi connectivity index (χ4v) is 1.96. The van der Waals surface area contributed by atoms with Crippen molar-refractivity contribution in [2.75, 3.05) is 13.1 Å². The number of azide groups is 1. The lowest BCUT2D eigenvalue weighted by atomic mass is 10.1. The van der Waals surface area contributed by atoms with E-state index in [0.29, 0.717) is 13.1 Å². The third-order valence-electron chi connectivity index (χ3n) is 2.76. The molecule has 1 aliphatic heterocycles. The van der Waals surface area contributed by atoms with E-state index in [2.05, 4.69) is 10.0 Å². The van der Waals surface area contributed by atoms with Crippen LogP contribution in [0.1, 0.15) is 46.5 Å². The topological polar surface area (TPSA) is 78.3 Å². The van der Waals surface area contributed by atoms with Gasteiger partial charge in [0.15, 0.2) is 0 Å². The number of hydrogen-bond acceptors (Lipinski definition) is 3. The molecule has 1 amide bonds. The maximum atomic E-state index is 12.0. The number of amides is 1. The standard InChI is InChI=1S/C12H22N4O2/c1-12(2,3)18-11(17)16-8-6-4-5-7-10(9-16)14-15-13/h10H,4-9H2,1-3H3. The van der Waals surface area contributed by atoms with Crippen molar-refractivity contribution in [2.45, 2.75) is 58.1 Å². The van der Waals surface area contributed by atoms with Crippen molar-refractivity contribution in [3.8, 4) is 0 Å². The van der Waals surface area contributed by atoms with Crippen LogP contribution in [0.3, 0.4) is 0 Å². The lowest BCUT2D eigenvalue weighted by molar-refractivity contribution is 0.0225. The maximum Gasteiger partial charge on any atom is 0.410 e. The summed E-state index contributed by atoms with van der Waals surface area (Å²) in [4.78, 5) is 16.5. The SMILES string of the molecule is CC(C)(C)OC(=O)N1CCCCCC(N=[N+]=[N-])C1. The van der Waals surface area contributed by atoms with Crippen molar-refractivity contribution in [3.63, 3.8) is 0 Å². The van der Waals surface area contributed by atoms with Gasteiger partial charge >= 0.3 is 6.09 Å². The van der Waals surface area contributed by atoms with Crippen LogP contribution in [-0.4, -0.2) is 35.7 Å². The normalized spacial score (nSPS) is 21.5. The second-order valence-corrected chi connectivity index (χ2v) is 5.63. The average molecular weight is 254 g/mol. The summed E-state index contributed by atoms with van der Waals surface area (Å²) in [7, 11) is 0. The van der Waals surface area contributed by atoms with E-state index in [1.807, 2.05) is 20.8 Å². The smallest absolute Gasteiger partial charge is 0.410 e. The predicted molar refractivity (Wildman–Crippen MR) is 69.2 cm³/mol. The summed E-state index contributed by atoms with van der Waals surface area (Å²) in [6.45, 7) is 6.67. The summed E-state index contributed by atoms with van der Waals surface area (Å²) in [5.74, 6) is 0. The van der Waals surface area contributed by atoms with E-state index >= 15 is 0 Å². The van der Waals surface area contributed by atoms with Crippen LogP contribution in [0.5, 0.6) is 0 Å². The lowest BCUT2D eigenvalue weighted by Crippen LogP contribution is -2.41. The van der Waals surface area contributed by atoms with E-state index in [9.17, 15) is 4.79 Å². The van der Waals surface area contributed by atoms with Crippen LogP contribution >= 0.6 is 0 Å². The second kappa shape index (κ2) is 6.50. The van der Waals surface area contributed by atoms with Crippen LogP contribution in [0, 0.1) is 0 Å². The largest absolute Gasteiger partial charge is 0.444 e. The zero-order valence-corrected chi connectivity index (χ0v) is 11.4. The third-order valence-corrected chi connectivity index (χ3v) is 2.76. The van der Waals surface area contributed by atoms with E-state index < -0.39 is 5.60 Å². The maximum absolute atomic E-state index is 12.0. The number of carbonyl (C=O) groups is 1. The van der Waals surface area contributed by atoms with E-state index in [4.69, 9.17) is 10.3 Å². The van der Waals surface area contributed by atoms with E-state index in [0.717, 1.165) is 25.7 Å². The number of rotatable bonds is 1. The highest BCUT2D eigenvalue weighted by Gasteiger charge is 2.25. The molecule has 0 radical (unpaired) electrons. The highest BCUT2D eigenvalue weighted by molar-refractivity contribution is 5.68. The Hall–Kier alpha value is -1.42. The van der Waals surface area contributed by atoms with E-state index in [1.54, 1.807) is 4.90 Å². The molecular formula is C12H22N4O2. The summed E-state index contributed by atoms with van der Waals surface area (Å²) in [5, 5.41) is 3.75. The Morgan fingerprint density at radius 3 is 2.72 bits per heavy atom. The van der Waals surface area contributed by atoms with Gasteiger partial charge < -0.3 is 9.64 Å². The van der Waals surface area contributed by atoms with Gasteiger partial charge in [-0.3, -0.25) is 0 Å². The Labute approximate surface area is 108 Å². The Morgan fingerprint density at radius 2 is 2.11 bits per heavy atom. The molecule has 0 aromatic carbocycles. The van der Waals surface area contributed by atoms with Crippen LogP contribution in [0.4, 0.5) is 4.79 Å². The molecule has 1 saturated heterocycles. The summed E-state index contributed by atoms with van der Waals surface area (Å²) in [6, 6.07) is -0.136. The highest BCUT2D eigenvalue weighted by Crippen LogP contribution is 2.17. The third kappa shape index (κ3) is 5.27. The zero-order valence-electron chi connectivity index (χ0n) is 11.4. The molecule has 0 spiro atoms. The Morgan fingerprint density at radius 1 is 1.39 bits per heavy atom. The minimum Gasteiger partial charge on any atom is -0.444 e. The molecule has 1 fully saturated rings. The van der Waals surface area contributed by atoms with E-state index in [-0.39, 0.29) is 12.1 Å². The number of hydrogen-bond donors (Lipinski definition) is 0. The minimum absolute atomic E-state index is 0.136. The second-order valence-electron chi connectivity index (χ2n) is 5.63. The summed E-state index contributed by atoms with van der Waals surface area (Å²) in [6.07, 6.45) is 3.59. The molecule has 0 aromatic heterocycles. The summed E-state index contributed by atoms with van der Waals surface area (Å²) in [5.41, 5.74) is 8.02. The summed E-state index contributed by atoms with van der Waals surface area (Å²) >= 11 is 0. The van der Waals surface area contributed by atoms with Gasteiger partial charge in [-0.15, -0.1) is 0 Å². The van der Waals surface area contributed by atoms with Gasteiger partial charge in [-0.1, -0.05) is 18.0 Å². The van der Waals surface area contributed by atoms with Crippen molar-refractivity contribution in [1.82, 2.24) is 4.90 Å². The fraction of sp³-hybridized carbons (Fsp3) is 0.917. The molecule has 1 heterocycles. The monoisotopic (exact) mass is 254 g/mol. The Kier molecular flexibility index (Phi) is 5.28. The van der Waals surface area contributed by atoms with Crippen molar-refractivity contribution < 1.29 is 9.53 Å². The first-order chi connectivity index (χ1) is 8.42. The Bertz CT molecular complexity index is 331.